The Balaban J connectivity index is 1.79. The van der Waals surface area contributed by atoms with Crippen molar-refractivity contribution >= 4 is 16.9 Å². The van der Waals surface area contributed by atoms with Crippen molar-refractivity contribution in [2.24, 2.45) is 17.8 Å². The van der Waals surface area contributed by atoms with E-state index < -0.39 is 12.0 Å². The predicted molar refractivity (Wildman–Crippen MR) is 125 cm³/mol. The standard InChI is InChI=1S/C26H35N3O4/c1-3-4-13-33-23-14-20-17(9-10-22(30)24(20)26(31)32-2)15-29(16-27)12-11-19-18-7-5-6-8-21(18)28-25(19)23/h5-8,17,20,22-24,28,30H,3-4,9-15H2,1-2H3/t17-,20?,22-,23+,24+/m0/s1. The van der Waals surface area contributed by atoms with Gasteiger partial charge in [0.1, 0.15) is 0 Å². The topological polar surface area (TPSA) is 98.6 Å². The van der Waals surface area contributed by atoms with Gasteiger partial charge in [-0.1, -0.05) is 31.5 Å². The van der Waals surface area contributed by atoms with Crippen LogP contribution in [0, 0.1) is 29.2 Å². The molecule has 2 aromatic rings. The highest BCUT2D eigenvalue weighted by atomic mass is 16.5. The van der Waals surface area contributed by atoms with Gasteiger partial charge in [-0.2, -0.15) is 5.26 Å². The van der Waals surface area contributed by atoms with Gasteiger partial charge in [-0.15, -0.1) is 0 Å². The minimum atomic E-state index is -0.740. The minimum Gasteiger partial charge on any atom is -0.469 e. The lowest BCUT2D eigenvalue weighted by atomic mass is 9.67. The number of aliphatic hydroxyl groups excluding tert-OH is 1. The minimum absolute atomic E-state index is 0.111. The average Bonchev–Trinajstić information content (AvgIpc) is 3.20. The van der Waals surface area contributed by atoms with Crippen molar-refractivity contribution in [3.05, 3.63) is 35.5 Å². The number of fused-ring (bicyclic) bond motifs is 4. The molecule has 33 heavy (non-hydrogen) atoms. The Morgan fingerprint density at radius 1 is 1.33 bits per heavy atom. The van der Waals surface area contributed by atoms with Crippen LogP contribution in [0.1, 0.15) is 56.4 Å². The van der Waals surface area contributed by atoms with Gasteiger partial charge in [0.15, 0.2) is 6.19 Å². The van der Waals surface area contributed by atoms with Gasteiger partial charge in [0.25, 0.3) is 0 Å². The molecule has 0 spiro atoms. The number of para-hydroxylation sites is 1. The highest BCUT2D eigenvalue weighted by Crippen LogP contribution is 2.44. The second kappa shape index (κ2) is 10.6. The molecule has 1 saturated carbocycles. The number of rotatable bonds is 5. The van der Waals surface area contributed by atoms with Gasteiger partial charge >= 0.3 is 5.97 Å². The first-order valence-corrected chi connectivity index (χ1v) is 12.2. The van der Waals surface area contributed by atoms with Crippen LogP contribution in [-0.4, -0.2) is 53.9 Å². The van der Waals surface area contributed by atoms with E-state index >= 15 is 0 Å². The predicted octanol–water partition coefficient (Wildman–Crippen LogP) is 3.93. The van der Waals surface area contributed by atoms with E-state index in [2.05, 4.69) is 30.2 Å². The molecular formula is C26H35N3O4. The summed E-state index contributed by atoms with van der Waals surface area (Å²) in [6, 6.07) is 8.23. The molecule has 7 heteroatoms. The van der Waals surface area contributed by atoms with Crippen LogP contribution in [0.5, 0.6) is 0 Å². The molecule has 1 fully saturated rings. The largest absolute Gasteiger partial charge is 0.469 e. The summed E-state index contributed by atoms with van der Waals surface area (Å²) in [5.74, 6) is -1.01. The smallest absolute Gasteiger partial charge is 0.311 e. The average molecular weight is 454 g/mol. The Bertz CT molecular complexity index is 997. The number of hydrogen-bond donors (Lipinski definition) is 2. The number of nitrogens with zero attached hydrogens (tertiary/aromatic N) is 2. The summed E-state index contributed by atoms with van der Waals surface area (Å²) < 4.78 is 11.6. The van der Waals surface area contributed by atoms with Crippen molar-refractivity contribution in [1.82, 2.24) is 9.88 Å². The van der Waals surface area contributed by atoms with Gasteiger partial charge in [-0.3, -0.25) is 4.79 Å². The third kappa shape index (κ3) is 4.87. The van der Waals surface area contributed by atoms with E-state index in [0.717, 1.165) is 42.3 Å². The summed E-state index contributed by atoms with van der Waals surface area (Å²) in [7, 11) is 1.38. The lowest BCUT2D eigenvalue weighted by Crippen LogP contribution is -2.47. The second-order valence-corrected chi connectivity index (χ2v) is 9.43. The monoisotopic (exact) mass is 453 g/mol. The number of aromatic nitrogens is 1. The van der Waals surface area contributed by atoms with Gasteiger partial charge in [0, 0.05) is 36.3 Å². The fraction of sp³-hybridized carbons (Fsp3) is 0.615. The molecule has 0 radical (unpaired) electrons. The SMILES string of the molecule is CCCCO[C@@H]1CC2[C@@H](CC[C@H](O)[C@@H]2C(=O)OC)CN(C#N)CCc2c1[nH]c1ccccc21. The number of aliphatic hydroxyl groups is 1. The first-order chi connectivity index (χ1) is 16.1. The Morgan fingerprint density at radius 2 is 2.15 bits per heavy atom. The van der Waals surface area contributed by atoms with E-state index in [1.165, 1.54) is 12.7 Å². The summed E-state index contributed by atoms with van der Waals surface area (Å²) in [6.07, 6.45) is 6.08. The zero-order valence-electron chi connectivity index (χ0n) is 19.6. The summed E-state index contributed by atoms with van der Waals surface area (Å²) >= 11 is 0. The molecule has 0 amide bonds. The quantitative estimate of drug-likeness (QED) is 0.404. The first kappa shape index (κ1) is 23.6. The number of H-pyrrole nitrogens is 1. The molecule has 2 aliphatic rings. The number of carbonyl (C=O) groups is 1. The fourth-order valence-electron chi connectivity index (χ4n) is 5.75. The van der Waals surface area contributed by atoms with Crippen molar-refractivity contribution in [3.8, 4) is 6.19 Å². The van der Waals surface area contributed by atoms with Gasteiger partial charge in [-0.05, 0) is 55.6 Å². The van der Waals surface area contributed by atoms with Gasteiger partial charge < -0.3 is 24.5 Å². The van der Waals surface area contributed by atoms with Crippen molar-refractivity contribution in [2.75, 3.05) is 26.8 Å². The summed E-state index contributed by atoms with van der Waals surface area (Å²) in [6.45, 7) is 3.98. The molecule has 0 bridgehead atoms. The molecule has 2 heterocycles. The molecule has 1 aromatic heterocycles. The molecule has 1 unspecified atom stereocenters. The van der Waals surface area contributed by atoms with Crippen molar-refractivity contribution < 1.29 is 19.4 Å². The second-order valence-electron chi connectivity index (χ2n) is 9.43. The van der Waals surface area contributed by atoms with E-state index in [0.29, 0.717) is 32.5 Å². The lowest BCUT2D eigenvalue weighted by molar-refractivity contribution is -0.158. The molecule has 0 saturated heterocycles. The first-order valence-electron chi connectivity index (χ1n) is 12.2. The maximum atomic E-state index is 12.8. The number of esters is 1. The van der Waals surface area contributed by atoms with Crippen LogP contribution >= 0.6 is 0 Å². The molecule has 2 N–H and O–H groups in total. The van der Waals surface area contributed by atoms with Crippen molar-refractivity contribution in [3.63, 3.8) is 0 Å². The molecule has 178 valence electrons. The molecule has 5 atom stereocenters. The third-order valence-corrected chi connectivity index (χ3v) is 7.49. The number of benzene rings is 1. The molecule has 1 aliphatic carbocycles. The highest BCUT2D eigenvalue weighted by molar-refractivity contribution is 5.84. The van der Waals surface area contributed by atoms with Crippen LogP contribution < -0.4 is 0 Å². The van der Waals surface area contributed by atoms with Crippen LogP contribution in [0.3, 0.4) is 0 Å². The summed E-state index contributed by atoms with van der Waals surface area (Å²) in [4.78, 5) is 18.2. The van der Waals surface area contributed by atoms with Crippen molar-refractivity contribution in [1.29, 1.82) is 5.26 Å². The fourth-order valence-corrected chi connectivity index (χ4v) is 5.75. The number of aromatic amines is 1. The highest BCUT2D eigenvalue weighted by Gasteiger charge is 2.45. The number of nitriles is 1. The van der Waals surface area contributed by atoms with E-state index in [-0.39, 0.29) is 23.9 Å². The van der Waals surface area contributed by atoms with E-state index in [1.807, 2.05) is 17.0 Å². The maximum Gasteiger partial charge on any atom is 0.311 e. The van der Waals surface area contributed by atoms with Crippen LogP contribution in [0.15, 0.2) is 24.3 Å². The van der Waals surface area contributed by atoms with Gasteiger partial charge in [0.2, 0.25) is 0 Å². The molecular weight excluding hydrogens is 418 g/mol. The number of carbonyl (C=O) groups excluding carboxylic acids is 1. The number of ether oxygens (including phenoxy) is 2. The molecule has 1 aromatic carbocycles. The Labute approximate surface area is 195 Å². The maximum absolute atomic E-state index is 12.8. The van der Waals surface area contributed by atoms with Crippen LogP contribution in [0.25, 0.3) is 10.9 Å². The Morgan fingerprint density at radius 3 is 2.91 bits per heavy atom. The Hall–Kier alpha value is -2.56. The lowest BCUT2D eigenvalue weighted by Gasteiger charge is -2.42. The van der Waals surface area contributed by atoms with E-state index in [4.69, 9.17) is 9.47 Å². The number of hydrogen-bond acceptors (Lipinski definition) is 6. The molecule has 1 aliphatic heterocycles. The van der Waals surface area contributed by atoms with E-state index in [9.17, 15) is 15.2 Å². The summed E-state index contributed by atoms with van der Waals surface area (Å²) in [5, 5.41) is 21.8. The molecule has 7 nitrogen and oxygen atoms in total. The third-order valence-electron chi connectivity index (χ3n) is 7.49. The van der Waals surface area contributed by atoms with Gasteiger partial charge in [-0.25, -0.2) is 0 Å². The van der Waals surface area contributed by atoms with Crippen LogP contribution in [0.4, 0.5) is 0 Å². The number of nitrogens with one attached hydrogen (secondary N) is 1. The van der Waals surface area contributed by atoms with E-state index in [1.54, 1.807) is 0 Å². The Kier molecular flexibility index (Phi) is 7.56. The van der Waals surface area contributed by atoms with Crippen LogP contribution in [0.2, 0.25) is 0 Å². The zero-order chi connectivity index (χ0) is 23.4. The molecule has 4 rings (SSSR count). The zero-order valence-corrected chi connectivity index (χ0v) is 19.6. The van der Waals surface area contributed by atoms with Gasteiger partial charge in [0.05, 0.1) is 25.2 Å². The number of methoxy groups -OCH3 is 1. The van der Waals surface area contributed by atoms with Crippen molar-refractivity contribution in [2.45, 2.75) is 57.7 Å². The number of unbranched alkanes of at least 4 members (excludes halogenated alkanes) is 1. The summed E-state index contributed by atoms with van der Waals surface area (Å²) in [5.41, 5.74) is 3.27. The van der Waals surface area contributed by atoms with Crippen LogP contribution in [-0.2, 0) is 20.7 Å². The normalized spacial score (nSPS) is 27.9.